The molecule has 1 unspecified atom stereocenters. The van der Waals surface area contributed by atoms with Gasteiger partial charge >= 0.3 is 5.97 Å². The maximum Gasteiger partial charge on any atom is 0.337 e. The van der Waals surface area contributed by atoms with E-state index in [0.29, 0.717) is 63.7 Å². The molecule has 2 aromatic heterocycles. The van der Waals surface area contributed by atoms with Crippen LogP contribution < -0.4 is 9.64 Å². The number of hydrogen-bond acceptors (Lipinski definition) is 7. The van der Waals surface area contributed by atoms with E-state index >= 15 is 4.39 Å². The average molecular weight is 649 g/mol. The lowest BCUT2D eigenvalue weighted by atomic mass is 9.77. The van der Waals surface area contributed by atoms with Gasteiger partial charge in [0.25, 0.3) is 0 Å². The summed E-state index contributed by atoms with van der Waals surface area (Å²) in [6, 6.07) is 13.6. The average Bonchev–Trinajstić information content (AvgIpc) is 3.57. The maximum absolute atomic E-state index is 15.1. The lowest BCUT2D eigenvalue weighted by Gasteiger charge is -2.31. The van der Waals surface area contributed by atoms with Gasteiger partial charge in [-0.15, -0.1) is 0 Å². The molecule has 5 rings (SSSR count). The molecule has 226 valence electrons. The van der Waals surface area contributed by atoms with Crippen molar-refractivity contribution in [1.29, 1.82) is 0 Å². The number of pyridine rings is 1. The monoisotopic (exact) mass is 647 g/mol. The van der Waals surface area contributed by atoms with Crippen LogP contribution in [-0.2, 0) is 17.7 Å². The third-order valence-corrected chi connectivity index (χ3v) is 8.63. The van der Waals surface area contributed by atoms with Crippen molar-refractivity contribution in [2.75, 3.05) is 24.6 Å². The summed E-state index contributed by atoms with van der Waals surface area (Å²) in [7, 11) is 0. The number of aromatic nitrogens is 2. The minimum absolute atomic E-state index is 0.000791. The Morgan fingerprint density at radius 2 is 1.88 bits per heavy atom. The van der Waals surface area contributed by atoms with Gasteiger partial charge < -0.3 is 24.4 Å². The number of carboxylic acid groups (broad SMARTS) is 1. The van der Waals surface area contributed by atoms with Gasteiger partial charge in [0, 0.05) is 41.9 Å². The Morgan fingerprint density at radius 1 is 1.14 bits per heavy atom. The zero-order chi connectivity index (χ0) is 30.9. The van der Waals surface area contributed by atoms with Gasteiger partial charge in [0.1, 0.15) is 23.9 Å². The van der Waals surface area contributed by atoms with Gasteiger partial charge in [-0.25, -0.2) is 14.2 Å². The van der Waals surface area contributed by atoms with Gasteiger partial charge in [-0.3, -0.25) is 0 Å². The highest BCUT2D eigenvalue weighted by Gasteiger charge is 2.41. The molecule has 1 saturated heterocycles. The van der Waals surface area contributed by atoms with Crippen molar-refractivity contribution in [3.8, 4) is 17.0 Å². The molecule has 0 bridgehead atoms. The van der Waals surface area contributed by atoms with E-state index in [1.54, 1.807) is 36.4 Å². The number of rotatable bonds is 10. The second-order valence-electron chi connectivity index (χ2n) is 11.0. The molecule has 43 heavy (non-hydrogen) atoms. The summed E-state index contributed by atoms with van der Waals surface area (Å²) in [5.41, 5.74) is -0.290. The lowest BCUT2D eigenvalue weighted by Crippen LogP contribution is -2.32. The topological polar surface area (TPSA) is 109 Å². The van der Waals surface area contributed by atoms with Crippen molar-refractivity contribution in [2.45, 2.75) is 44.4 Å². The predicted octanol–water partition coefficient (Wildman–Crippen LogP) is 7.71. The minimum atomic E-state index is -1.85. The second kappa shape index (κ2) is 12.3. The Kier molecular flexibility index (Phi) is 8.90. The number of aliphatic hydroxyl groups excluding tert-OH is 1. The molecule has 1 aliphatic heterocycles. The van der Waals surface area contributed by atoms with Crippen LogP contribution in [0.4, 0.5) is 10.2 Å². The van der Waals surface area contributed by atoms with Gasteiger partial charge in [-0.05, 0) is 68.7 Å². The van der Waals surface area contributed by atoms with Gasteiger partial charge in [0.2, 0.25) is 0 Å². The van der Waals surface area contributed by atoms with Crippen LogP contribution in [0, 0.1) is 0 Å². The largest absolute Gasteiger partial charge is 0.489 e. The second-order valence-corrected chi connectivity index (χ2v) is 12.2. The van der Waals surface area contributed by atoms with Crippen molar-refractivity contribution in [2.24, 2.45) is 0 Å². The molecule has 4 aromatic rings. The van der Waals surface area contributed by atoms with Crippen LogP contribution in [0.2, 0.25) is 15.1 Å². The van der Waals surface area contributed by atoms with E-state index in [4.69, 9.17) is 44.1 Å². The first-order valence-corrected chi connectivity index (χ1v) is 14.7. The van der Waals surface area contributed by atoms with E-state index in [-0.39, 0.29) is 30.2 Å². The van der Waals surface area contributed by atoms with Crippen LogP contribution >= 0.6 is 34.8 Å². The first kappa shape index (κ1) is 31.1. The van der Waals surface area contributed by atoms with E-state index < -0.39 is 17.1 Å². The van der Waals surface area contributed by atoms with E-state index in [2.05, 4.69) is 15.0 Å². The summed E-state index contributed by atoms with van der Waals surface area (Å²) in [6.45, 7) is 3.77. The lowest BCUT2D eigenvalue weighted by molar-refractivity contribution is 0.0696. The van der Waals surface area contributed by atoms with Gasteiger partial charge in [0.05, 0.1) is 21.2 Å². The fraction of sp³-hybridized carbons (Fsp3) is 0.323. The highest BCUT2D eigenvalue weighted by molar-refractivity contribution is 6.39. The SMILES string of the molecule is CC(C)(F)c1onc(-c2c(Cl)cccc2Cl)c1COc1ccc(C2(CCO)CCN(c3ccc(C(=O)O)cn3)C2)c(Cl)c1. The highest BCUT2D eigenvalue weighted by atomic mass is 35.5. The van der Waals surface area contributed by atoms with Crippen LogP contribution in [0.5, 0.6) is 5.75 Å². The number of aliphatic hydroxyl groups is 1. The molecule has 1 aliphatic rings. The molecule has 0 amide bonds. The molecule has 0 spiro atoms. The summed E-state index contributed by atoms with van der Waals surface area (Å²) in [5, 5.41) is 24.4. The van der Waals surface area contributed by atoms with Crippen molar-refractivity contribution < 1.29 is 28.7 Å². The smallest absolute Gasteiger partial charge is 0.337 e. The van der Waals surface area contributed by atoms with Crippen molar-refractivity contribution in [3.63, 3.8) is 0 Å². The minimum Gasteiger partial charge on any atom is -0.489 e. The normalized spacial score (nSPS) is 17.0. The Hall–Kier alpha value is -3.37. The van der Waals surface area contributed by atoms with Crippen molar-refractivity contribution in [3.05, 3.63) is 92.2 Å². The zero-order valence-electron chi connectivity index (χ0n) is 23.4. The van der Waals surface area contributed by atoms with Crippen LogP contribution in [0.25, 0.3) is 11.3 Å². The predicted molar refractivity (Wildman–Crippen MR) is 163 cm³/mol. The van der Waals surface area contributed by atoms with E-state index in [1.165, 1.54) is 26.1 Å². The van der Waals surface area contributed by atoms with E-state index in [0.717, 1.165) is 5.56 Å². The van der Waals surface area contributed by atoms with Crippen molar-refractivity contribution in [1.82, 2.24) is 10.1 Å². The molecular formula is C31H29Cl3FN3O5. The zero-order valence-corrected chi connectivity index (χ0v) is 25.7. The third-order valence-electron chi connectivity index (χ3n) is 7.69. The summed E-state index contributed by atoms with van der Waals surface area (Å²) in [6.07, 6.45) is 2.50. The first-order chi connectivity index (χ1) is 20.4. The number of alkyl halides is 1. The van der Waals surface area contributed by atoms with Gasteiger partial charge in [-0.2, -0.15) is 0 Å². The quantitative estimate of drug-likeness (QED) is 0.180. The van der Waals surface area contributed by atoms with Crippen LogP contribution in [-0.4, -0.2) is 46.0 Å². The van der Waals surface area contributed by atoms with Crippen LogP contribution in [0.15, 0.2) is 59.3 Å². The molecular weight excluding hydrogens is 620 g/mol. The highest BCUT2D eigenvalue weighted by Crippen LogP contribution is 2.44. The van der Waals surface area contributed by atoms with Gasteiger partial charge in [-0.1, -0.05) is 52.1 Å². The number of carboxylic acids is 1. The number of nitrogens with zero attached hydrogens (tertiary/aromatic N) is 3. The Bertz CT molecular complexity index is 1620. The molecule has 12 heteroatoms. The number of ether oxygens (including phenoxy) is 1. The third kappa shape index (κ3) is 6.31. The molecule has 3 heterocycles. The van der Waals surface area contributed by atoms with Crippen molar-refractivity contribution >= 4 is 46.6 Å². The Labute approximate surface area is 262 Å². The van der Waals surface area contributed by atoms with Gasteiger partial charge in [0.15, 0.2) is 11.4 Å². The molecule has 1 fully saturated rings. The number of benzene rings is 2. The number of anilines is 1. The summed E-state index contributed by atoms with van der Waals surface area (Å²) < 4.78 is 26.6. The molecule has 0 saturated carbocycles. The molecule has 0 aliphatic carbocycles. The number of carbonyl (C=O) groups is 1. The molecule has 1 atom stereocenters. The molecule has 0 radical (unpaired) electrons. The fourth-order valence-electron chi connectivity index (χ4n) is 5.54. The number of halogens is 4. The molecule has 2 N–H and O–H groups in total. The molecule has 8 nitrogen and oxygen atoms in total. The maximum atomic E-state index is 15.1. The Morgan fingerprint density at radius 3 is 2.49 bits per heavy atom. The standard InChI is InChI=1S/C31H29Cl3FN3O5/c1-30(2,35)28-20(27(37-43-28)26-22(32)4-3-5-23(26)33)16-42-19-7-8-21(24(34)14-19)31(11-13-39)10-12-38(17-31)25-9-6-18(15-36-25)29(40)41/h3-9,14-15,39H,10-13,16-17H2,1-2H3,(H,40,41). The van der Waals surface area contributed by atoms with E-state index in [1.807, 2.05) is 6.07 Å². The van der Waals surface area contributed by atoms with Crippen LogP contribution in [0.1, 0.15) is 53.9 Å². The first-order valence-electron chi connectivity index (χ1n) is 13.5. The van der Waals surface area contributed by atoms with Crippen LogP contribution in [0.3, 0.4) is 0 Å². The fourth-order valence-corrected chi connectivity index (χ4v) is 6.49. The molecule has 2 aromatic carbocycles. The number of aromatic carboxylic acids is 1. The summed E-state index contributed by atoms with van der Waals surface area (Å²) in [5.74, 6) is 0.0465. The number of hydrogen-bond donors (Lipinski definition) is 2. The summed E-state index contributed by atoms with van der Waals surface area (Å²) in [4.78, 5) is 17.6. The Balaban J connectivity index is 1.40. The summed E-state index contributed by atoms with van der Waals surface area (Å²) >= 11 is 19.7. The van der Waals surface area contributed by atoms with E-state index in [9.17, 15) is 15.0 Å².